The molecule has 0 aromatic heterocycles. The van der Waals surface area contributed by atoms with Crippen LogP contribution in [0.1, 0.15) is 35.6 Å². The number of amides is 2. The van der Waals surface area contributed by atoms with Crippen molar-refractivity contribution in [2.24, 2.45) is 0 Å². The Hall–Kier alpha value is -2.86. The summed E-state index contributed by atoms with van der Waals surface area (Å²) in [5.74, 6) is 0.300. The average molecular weight is 447 g/mol. The molecule has 3 aliphatic rings. The molecular weight excluding hydrogens is 412 g/mol. The second-order valence-corrected chi connectivity index (χ2v) is 9.56. The maximum absolute atomic E-state index is 13.5. The van der Waals surface area contributed by atoms with Crippen molar-refractivity contribution in [3.63, 3.8) is 0 Å². The van der Waals surface area contributed by atoms with Crippen molar-refractivity contribution in [2.75, 3.05) is 57.3 Å². The molecule has 174 valence electrons. The Labute approximate surface area is 196 Å². The van der Waals surface area contributed by atoms with Crippen LogP contribution in [0.2, 0.25) is 0 Å². The smallest absolute Gasteiger partial charge is 0.244 e. The van der Waals surface area contributed by atoms with E-state index in [2.05, 4.69) is 53.1 Å². The van der Waals surface area contributed by atoms with E-state index in [-0.39, 0.29) is 17.9 Å². The highest BCUT2D eigenvalue weighted by molar-refractivity contribution is 5.86. The van der Waals surface area contributed by atoms with Crippen LogP contribution in [0.15, 0.2) is 48.5 Å². The molecule has 2 fully saturated rings. The molecule has 2 aromatic rings. The standard InChI is InChI=1S/C27H34N4O2/c1-21-7-6-9-23(19-21)28-15-17-29(18-16-28)25(32)20-31-14-11-22-8-2-3-10-24(22)26(31)27(33)30-12-4-5-13-30/h2-3,6-10,19,26H,4-5,11-18,20H2,1H3/t26-/m0/s1. The third-order valence-corrected chi connectivity index (χ3v) is 7.37. The van der Waals surface area contributed by atoms with E-state index in [4.69, 9.17) is 0 Å². The van der Waals surface area contributed by atoms with Gasteiger partial charge in [0.25, 0.3) is 0 Å². The van der Waals surface area contributed by atoms with E-state index in [1.54, 1.807) is 0 Å². The van der Waals surface area contributed by atoms with Gasteiger partial charge < -0.3 is 14.7 Å². The molecule has 1 atom stereocenters. The van der Waals surface area contributed by atoms with Crippen LogP contribution in [0.3, 0.4) is 0 Å². The van der Waals surface area contributed by atoms with Gasteiger partial charge >= 0.3 is 0 Å². The Morgan fingerprint density at radius 2 is 1.61 bits per heavy atom. The maximum Gasteiger partial charge on any atom is 0.244 e. The predicted octanol–water partition coefficient (Wildman–Crippen LogP) is 2.87. The van der Waals surface area contributed by atoms with E-state index >= 15 is 0 Å². The number of hydrogen-bond acceptors (Lipinski definition) is 4. The minimum atomic E-state index is -0.342. The monoisotopic (exact) mass is 446 g/mol. The molecule has 0 bridgehead atoms. The summed E-state index contributed by atoms with van der Waals surface area (Å²) in [6.07, 6.45) is 3.03. The number of anilines is 1. The summed E-state index contributed by atoms with van der Waals surface area (Å²) in [7, 11) is 0. The number of piperazine rings is 1. The molecule has 3 heterocycles. The van der Waals surface area contributed by atoms with E-state index < -0.39 is 0 Å². The predicted molar refractivity (Wildman–Crippen MR) is 130 cm³/mol. The molecule has 0 N–H and O–H groups in total. The number of benzene rings is 2. The lowest BCUT2D eigenvalue weighted by atomic mass is 9.91. The molecule has 2 saturated heterocycles. The molecule has 5 rings (SSSR count). The normalized spacial score (nSPS) is 21.2. The largest absolute Gasteiger partial charge is 0.368 e. The van der Waals surface area contributed by atoms with Crippen LogP contribution in [0.5, 0.6) is 0 Å². The zero-order chi connectivity index (χ0) is 22.8. The van der Waals surface area contributed by atoms with Crippen LogP contribution >= 0.6 is 0 Å². The van der Waals surface area contributed by atoms with Gasteiger partial charge in [-0.2, -0.15) is 0 Å². The van der Waals surface area contributed by atoms with E-state index in [0.29, 0.717) is 6.54 Å². The molecule has 33 heavy (non-hydrogen) atoms. The fourth-order valence-electron chi connectivity index (χ4n) is 5.50. The van der Waals surface area contributed by atoms with Gasteiger partial charge in [-0.05, 0) is 55.0 Å². The second kappa shape index (κ2) is 9.56. The first-order chi connectivity index (χ1) is 16.1. The number of nitrogens with zero attached hydrogens (tertiary/aromatic N) is 4. The number of likely N-dealkylation sites (tertiary alicyclic amines) is 1. The van der Waals surface area contributed by atoms with Crippen LogP contribution in [-0.4, -0.2) is 78.9 Å². The molecule has 0 spiro atoms. The highest BCUT2D eigenvalue weighted by atomic mass is 16.2. The lowest BCUT2D eigenvalue weighted by Gasteiger charge is -2.40. The summed E-state index contributed by atoms with van der Waals surface area (Å²) >= 11 is 0. The van der Waals surface area contributed by atoms with Crippen molar-refractivity contribution in [2.45, 2.75) is 32.2 Å². The zero-order valence-corrected chi connectivity index (χ0v) is 19.6. The zero-order valence-electron chi connectivity index (χ0n) is 19.6. The van der Waals surface area contributed by atoms with Crippen molar-refractivity contribution in [1.29, 1.82) is 0 Å². The molecule has 6 heteroatoms. The molecule has 0 radical (unpaired) electrons. The summed E-state index contributed by atoms with van der Waals surface area (Å²) < 4.78 is 0. The van der Waals surface area contributed by atoms with Crippen LogP contribution in [-0.2, 0) is 16.0 Å². The number of carbonyl (C=O) groups is 2. The van der Waals surface area contributed by atoms with Gasteiger partial charge in [0.15, 0.2) is 0 Å². The fourth-order valence-corrected chi connectivity index (χ4v) is 5.50. The van der Waals surface area contributed by atoms with Gasteiger partial charge in [0, 0.05) is 51.5 Å². The maximum atomic E-state index is 13.5. The van der Waals surface area contributed by atoms with Crippen molar-refractivity contribution < 1.29 is 9.59 Å². The van der Waals surface area contributed by atoms with E-state index in [1.807, 2.05) is 21.9 Å². The summed E-state index contributed by atoms with van der Waals surface area (Å²) in [5.41, 5.74) is 4.80. The SMILES string of the molecule is Cc1cccc(N2CCN(C(=O)CN3CCc4ccccc4[C@H]3C(=O)N3CCCC3)CC2)c1. The van der Waals surface area contributed by atoms with Gasteiger partial charge in [0.1, 0.15) is 6.04 Å². The fraction of sp³-hybridized carbons (Fsp3) is 0.481. The molecule has 0 aliphatic carbocycles. The Morgan fingerprint density at radius 1 is 0.848 bits per heavy atom. The second-order valence-electron chi connectivity index (χ2n) is 9.56. The number of fused-ring (bicyclic) bond motifs is 1. The number of rotatable bonds is 4. The van der Waals surface area contributed by atoms with Crippen molar-refractivity contribution in [3.8, 4) is 0 Å². The quantitative estimate of drug-likeness (QED) is 0.725. The average Bonchev–Trinajstić information content (AvgIpc) is 3.39. The Morgan fingerprint density at radius 3 is 2.36 bits per heavy atom. The number of hydrogen-bond donors (Lipinski definition) is 0. The van der Waals surface area contributed by atoms with Gasteiger partial charge in [-0.25, -0.2) is 0 Å². The van der Waals surface area contributed by atoms with E-state index in [9.17, 15) is 9.59 Å². The minimum Gasteiger partial charge on any atom is -0.368 e. The van der Waals surface area contributed by atoms with Crippen LogP contribution in [0, 0.1) is 6.92 Å². The van der Waals surface area contributed by atoms with Crippen molar-refractivity contribution in [3.05, 3.63) is 65.2 Å². The van der Waals surface area contributed by atoms with Gasteiger partial charge in [-0.1, -0.05) is 36.4 Å². The molecular formula is C27H34N4O2. The molecule has 0 unspecified atom stereocenters. The molecule has 2 amide bonds. The third kappa shape index (κ3) is 4.62. The number of aryl methyl sites for hydroxylation is 1. The topological polar surface area (TPSA) is 47.1 Å². The summed E-state index contributed by atoms with van der Waals surface area (Å²) in [4.78, 5) is 35.3. The summed E-state index contributed by atoms with van der Waals surface area (Å²) in [6.45, 7) is 7.96. The first-order valence-corrected chi connectivity index (χ1v) is 12.3. The Kier molecular flexibility index (Phi) is 6.36. The highest BCUT2D eigenvalue weighted by Crippen LogP contribution is 2.32. The summed E-state index contributed by atoms with van der Waals surface area (Å²) in [5, 5.41) is 0. The van der Waals surface area contributed by atoms with Crippen molar-refractivity contribution in [1.82, 2.24) is 14.7 Å². The highest BCUT2D eigenvalue weighted by Gasteiger charge is 2.37. The van der Waals surface area contributed by atoms with Gasteiger partial charge in [0.05, 0.1) is 6.54 Å². The number of carbonyl (C=O) groups excluding carboxylic acids is 2. The van der Waals surface area contributed by atoms with Crippen LogP contribution in [0.25, 0.3) is 0 Å². The molecule has 2 aromatic carbocycles. The molecule has 6 nitrogen and oxygen atoms in total. The van der Waals surface area contributed by atoms with Gasteiger partial charge in [0.2, 0.25) is 11.8 Å². The van der Waals surface area contributed by atoms with E-state index in [0.717, 1.165) is 70.6 Å². The lowest BCUT2D eigenvalue weighted by molar-refractivity contribution is -0.140. The van der Waals surface area contributed by atoms with Crippen LogP contribution < -0.4 is 4.90 Å². The Balaban J connectivity index is 1.26. The lowest BCUT2D eigenvalue weighted by Crippen LogP contribution is -2.53. The van der Waals surface area contributed by atoms with Crippen molar-refractivity contribution >= 4 is 17.5 Å². The first-order valence-electron chi connectivity index (χ1n) is 12.3. The van der Waals surface area contributed by atoms with Gasteiger partial charge in [-0.3, -0.25) is 14.5 Å². The summed E-state index contributed by atoms with van der Waals surface area (Å²) in [6, 6.07) is 16.5. The Bertz CT molecular complexity index is 1010. The van der Waals surface area contributed by atoms with E-state index in [1.165, 1.54) is 16.8 Å². The third-order valence-electron chi connectivity index (χ3n) is 7.37. The van der Waals surface area contributed by atoms with Gasteiger partial charge in [-0.15, -0.1) is 0 Å². The van der Waals surface area contributed by atoms with Crippen LogP contribution in [0.4, 0.5) is 5.69 Å². The molecule has 3 aliphatic heterocycles. The molecule has 0 saturated carbocycles. The first kappa shape index (κ1) is 22.0. The minimum absolute atomic E-state index is 0.137.